The Bertz CT molecular complexity index is 590. The zero-order valence-corrected chi connectivity index (χ0v) is 11.2. The molecule has 2 rings (SSSR count). The summed E-state index contributed by atoms with van der Waals surface area (Å²) >= 11 is 3.13. The van der Waals surface area contributed by atoms with Gasteiger partial charge >= 0.3 is 18.1 Å². The predicted molar refractivity (Wildman–Crippen MR) is 63.1 cm³/mol. The molecule has 5 nitrogen and oxygen atoms in total. The van der Waals surface area contributed by atoms with Crippen LogP contribution in [0, 0.1) is 0 Å². The number of carboxylic acid groups (broad SMARTS) is 1. The van der Waals surface area contributed by atoms with Gasteiger partial charge in [0.05, 0.1) is 0 Å². The molecule has 1 amide bonds. The van der Waals surface area contributed by atoms with Crippen LogP contribution in [-0.4, -0.2) is 29.8 Å². The summed E-state index contributed by atoms with van der Waals surface area (Å²) in [6.07, 6.45) is -5.18. The molecule has 1 aliphatic heterocycles. The fourth-order valence-electron chi connectivity index (χ4n) is 1.83. The molecule has 0 aliphatic carbocycles. The van der Waals surface area contributed by atoms with E-state index in [9.17, 15) is 27.9 Å². The molecule has 0 radical (unpaired) electrons. The van der Waals surface area contributed by atoms with Crippen molar-refractivity contribution in [2.24, 2.45) is 0 Å². The first-order valence-electron chi connectivity index (χ1n) is 5.22. The van der Waals surface area contributed by atoms with Crippen molar-refractivity contribution in [3.63, 3.8) is 0 Å². The molecule has 1 aliphatic rings. The van der Waals surface area contributed by atoms with E-state index in [1.807, 2.05) is 0 Å². The molecule has 108 valence electrons. The lowest BCUT2D eigenvalue weighted by Crippen LogP contribution is -2.56. The Labute approximate surface area is 118 Å². The van der Waals surface area contributed by atoms with Crippen molar-refractivity contribution in [1.29, 1.82) is 0 Å². The summed E-state index contributed by atoms with van der Waals surface area (Å²) in [5, 5.41) is 10.7. The lowest BCUT2D eigenvalue weighted by Gasteiger charge is -2.25. The number of fused-ring (bicyclic) bond motifs is 1. The number of halogens is 4. The summed E-state index contributed by atoms with van der Waals surface area (Å²) in [5.74, 6) is -3.86. The maximum absolute atomic E-state index is 12.3. The van der Waals surface area contributed by atoms with Gasteiger partial charge in [-0.15, -0.1) is 0 Å². The van der Waals surface area contributed by atoms with E-state index in [-0.39, 0.29) is 11.3 Å². The van der Waals surface area contributed by atoms with E-state index in [0.717, 1.165) is 0 Å². The number of hydrogen-bond acceptors (Lipinski definition) is 3. The Kier molecular flexibility index (Phi) is 3.41. The molecule has 0 unspecified atom stereocenters. The quantitative estimate of drug-likeness (QED) is 0.850. The second kappa shape index (κ2) is 4.65. The van der Waals surface area contributed by atoms with Gasteiger partial charge in [0.2, 0.25) is 5.54 Å². The van der Waals surface area contributed by atoms with Crippen molar-refractivity contribution in [3.05, 3.63) is 28.2 Å². The summed E-state index contributed by atoms with van der Waals surface area (Å²) < 4.78 is 42.6. The number of carbonyl (C=O) groups is 2. The van der Waals surface area contributed by atoms with Gasteiger partial charge in [0.1, 0.15) is 12.4 Å². The maximum Gasteiger partial charge on any atom is 0.471 e. The fourth-order valence-corrected chi connectivity index (χ4v) is 2.17. The number of ether oxygens (including phenoxy) is 1. The number of amides is 1. The molecule has 1 atom stereocenters. The van der Waals surface area contributed by atoms with Gasteiger partial charge in [-0.05, 0) is 12.1 Å². The van der Waals surface area contributed by atoms with Gasteiger partial charge in [-0.25, -0.2) is 4.79 Å². The molecule has 0 saturated carbocycles. The highest BCUT2D eigenvalue weighted by atomic mass is 79.9. The lowest BCUT2D eigenvalue weighted by atomic mass is 9.92. The molecular formula is C11H7BrF3NO4. The van der Waals surface area contributed by atoms with Crippen LogP contribution in [0.25, 0.3) is 0 Å². The van der Waals surface area contributed by atoms with Gasteiger partial charge in [0, 0.05) is 10.0 Å². The summed E-state index contributed by atoms with van der Waals surface area (Å²) in [4.78, 5) is 22.4. The van der Waals surface area contributed by atoms with Crippen LogP contribution >= 0.6 is 15.9 Å². The van der Waals surface area contributed by atoms with Gasteiger partial charge in [-0.1, -0.05) is 22.0 Å². The number of carboxylic acids is 1. The third-order valence-corrected chi connectivity index (χ3v) is 3.29. The van der Waals surface area contributed by atoms with E-state index < -0.39 is 30.2 Å². The summed E-state index contributed by atoms with van der Waals surface area (Å²) in [7, 11) is 0. The van der Waals surface area contributed by atoms with Crippen LogP contribution in [-0.2, 0) is 15.1 Å². The molecule has 1 aromatic carbocycles. The van der Waals surface area contributed by atoms with Gasteiger partial charge < -0.3 is 15.2 Å². The molecule has 0 spiro atoms. The standard InChI is InChI=1S/C11H7BrF3NO4/c12-5-1-2-6-7(3-5)20-4-10(6,9(18)19)16-8(17)11(13,14)15/h1-3H,4H2,(H,16,17)(H,18,19)/t10-/m0/s1. The second-order valence-electron chi connectivity index (χ2n) is 4.09. The van der Waals surface area contributed by atoms with Gasteiger partial charge in [0.15, 0.2) is 0 Å². The minimum absolute atomic E-state index is 0.0363. The van der Waals surface area contributed by atoms with Crippen molar-refractivity contribution in [1.82, 2.24) is 5.32 Å². The molecule has 0 saturated heterocycles. The first-order chi connectivity index (χ1) is 9.17. The van der Waals surface area contributed by atoms with Crippen molar-refractivity contribution < 1.29 is 32.6 Å². The monoisotopic (exact) mass is 353 g/mol. The van der Waals surface area contributed by atoms with Gasteiger partial charge in [0.25, 0.3) is 0 Å². The molecule has 0 bridgehead atoms. The maximum atomic E-state index is 12.3. The topological polar surface area (TPSA) is 75.6 Å². The van der Waals surface area contributed by atoms with E-state index in [1.54, 1.807) is 0 Å². The summed E-state index contributed by atoms with van der Waals surface area (Å²) in [5.41, 5.74) is -2.28. The average molecular weight is 354 g/mol. The minimum Gasteiger partial charge on any atom is -0.490 e. The number of alkyl halides is 3. The Morgan fingerprint density at radius 1 is 1.40 bits per heavy atom. The van der Waals surface area contributed by atoms with Crippen molar-refractivity contribution in [2.75, 3.05) is 6.61 Å². The van der Waals surface area contributed by atoms with E-state index >= 15 is 0 Å². The predicted octanol–water partition coefficient (Wildman–Crippen LogP) is 1.80. The number of nitrogens with one attached hydrogen (secondary N) is 1. The molecule has 0 fully saturated rings. The normalized spacial score (nSPS) is 21.0. The summed E-state index contributed by atoms with van der Waals surface area (Å²) in [6.45, 7) is -0.615. The van der Waals surface area contributed by atoms with Gasteiger partial charge in [-0.2, -0.15) is 13.2 Å². The van der Waals surface area contributed by atoms with Crippen LogP contribution in [0.1, 0.15) is 5.56 Å². The second-order valence-corrected chi connectivity index (χ2v) is 5.01. The van der Waals surface area contributed by atoms with E-state index in [0.29, 0.717) is 4.47 Å². The minimum atomic E-state index is -5.18. The molecule has 1 heterocycles. The van der Waals surface area contributed by atoms with Crippen LogP contribution in [0.5, 0.6) is 5.75 Å². The number of benzene rings is 1. The molecule has 0 aromatic heterocycles. The van der Waals surface area contributed by atoms with Crippen LogP contribution in [0.15, 0.2) is 22.7 Å². The average Bonchev–Trinajstić information content (AvgIpc) is 2.67. The van der Waals surface area contributed by atoms with Crippen LogP contribution in [0.3, 0.4) is 0 Å². The molecule has 20 heavy (non-hydrogen) atoms. The highest BCUT2D eigenvalue weighted by Gasteiger charge is 2.53. The van der Waals surface area contributed by atoms with Crippen LogP contribution < -0.4 is 10.1 Å². The fraction of sp³-hybridized carbons (Fsp3) is 0.273. The molecule has 1 aromatic rings. The van der Waals surface area contributed by atoms with Crippen LogP contribution in [0.2, 0.25) is 0 Å². The van der Waals surface area contributed by atoms with E-state index in [4.69, 9.17) is 4.74 Å². The Morgan fingerprint density at radius 2 is 2.05 bits per heavy atom. The first-order valence-corrected chi connectivity index (χ1v) is 6.02. The number of carbonyl (C=O) groups excluding carboxylic acids is 1. The zero-order chi connectivity index (χ0) is 15.1. The third kappa shape index (κ3) is 2.33. The first kappa shape index (κ1) is 14.6. The SMILES string of the molecule is O=C(N[C@@]1(C(=O)O)COc2cc(Br)ccc21)C(F)(F)F. The zero-order valence-electron chi connectivity index (χ0n) is 9.62. The molecule has 2 N–H and O–H groups in total. The Balaban J connectivity index is 2.45. The third-order valence-electron chi connectivity index (χ3n) is 2.80. The van der Waals surface area contributed by atoms with Crippen LogP contribution in [0.4, 0.5) is 13.2 Å². The smallest absolute Gasteiger partial charge is 0.471 e. The van der Waals surface area contributed by atoms with Gasteiger partial charge in [-0.3, -0.25) is 4.79 Å². The van der Waals surface area contributed by atoms with Crippen molar-refractivity contribution in [3.8, 4) is 5.75 Å². The largest absolute Gasteiger partial charge is 0.490 e. The Hall–Kier alpha value is -1.77. The summed E-state index contributed by atoms with van der Waals surface area (Å²) in [6, 6.07) is 4.15. The van der Waals surface area contributed by atoms with Crippen molar-refractivity contribution >= 4 is 27.8 Å². The van der Waals surface area contributed by atoms with E-state index in [1.165, 1.54) is 23.5 Å². The highest BCUT2D eigenvalue weighted by molar-refractivity contribution is 9.10. The van der Waals surface area contributed by atoms with E-state index in [2.05, 4.69) is 15.9 Å². The number of hydrogen-bond donors (Lipinski definition) is 2. The Morgan fingerprint density at radius 3 is 2.60 bits per heavy atom. The number of rotatable bonds is 2. The molecular weight excluding hydrogens is 347 g/mol. The highest BCUT2D eigenvalue weighted by Crippen LogP contribution is 2.39. The number of aliphatic carboxylic acids is 1. The lowest BCUT2D eigenvalue weighted by molar-refractivity contribution is -0.178. The van der Waals surface area contributed by atoms with Crippen molar-refractivity contribution in [2.45, 2.75) is 11.7 Å². The molecule has 9 heteroatoms.